The minimum Gasteiger partial charge on any atom is -0.657 e. The van der Waals surface area contributed by atoms with E-state index in [1.165, 1.54) is 55.6 Å². The summed E-state index contributed by atoms with van der Waals surface area (Å²) in [7, 11) is 0. The van der Waals surface area contributed by atoms with E-state index >= 15 is 0 Å². The zero-order valence-corrected chi connectivity index (χ0v) is 75.8. The van der Waals surface area contributed by atoms with E-state index in [1.807, 2.05) is 0 Å². The van der Waals surface area contributed by atoms with Crippen molar-refractivity contribution in [2.75, 3.05) is 0 Å². The number of nitrogens with zero attached hydrogens (tertiary/aromatic N) is 8. The molecule has 0 saturated carbocycles. The number of aromatic nitrogens is 8. The van der Waals surface area contributed by atoms with Crippen molar-refractivity contribution in [3.05, 3.63) is 291 Å². The van der Waals surface area contributed by atoms with E-state index in [0.717, 1.165) is 229 Å². The Bertz CT molecular complexity index is 6170. The molecule has 4 aliphatic rings. The van der Waals surface area contributed by atoms with Crippen molar-refractivity contribution in [2.45, 2.75) is 151 Å². The molecule has 0 spiro atoms. The number of fused-ring (bicyclic) bond motifs is 16. The minimum atomic E-state index is -0.375. The zero-order chi connectivity index (χ0) is 78.5. The van der Waals surface area contributed by atoms with Crippen LogP contribution < -0.4 is 19.9 Å². The van der Waals surface area contributed by atoms with Crippen LogP contribution in [0.2, 0.25) is 0 Å². The topological polar surface area (TPSA) is 108 Å². The van der Waals surface area contributed by atoms with Crippen molar-refractivity contribution in [1.82, 2.24) is 39.9 Å². The zero-order valence-electron chi connectivity index (χ0n) is 69.9. The van der Waals surface area contributed by atoms with Gasteiger partial charge >= 0.3 is 39.0 Å². The maximum atomic E-state index is 5.96. The van der Waals surface area contributed by atoms with E-state index < -0.39 is 0 Å². The SMILES string of the molecule is Cc1cc(C)c(-c2c3nc(c(-c4c(C)cc(C)cc4C)c4ccc([n-]4)c(-c4c(C)cc(C)cc4C)c4nc(c(-c5cc(-c6c7nc(c(-c8c(C)cc(C)cc8C)c8ccc([n-]8)c(-c8c(C)cc(C)cc8C)c8nc(c(-c9c(C)cc(C)cc9C)c9ccc6[n-]9)C=C8)C=C7)cc(C(C)(C)C)c5)c5ccc2[n-]5)C=C4)C=C3)c(C)c1.[Zn+2].[Zn+2]. The van der Waals surface area contributed by atoms with Gasteiger partial charge in [-0.3, -0.25) is 0 Å². The van der Waals surface area contributed by atoms with Crippen molar-refractivity contribution in [1.29, 1.82) is 0 Å². The van der Waals surface area contributed by atoms with Crippen LogP contribution in [0.5, 0.6) is 0 Å². The Balaban J connectivity index is 0.00000512. The van der Waals surface area contributed by atoms with Gasteiger partial charge < -0.3 is 19.9 Å². The molecule has 0 N–H and O–H groups in total. The van der Waals surface area contributed by atoms with E-state index in [1.54, 1.807) is 0 Å². The first-order valence-electron chi connectivity index (χ1n) is 39.3. The molecule has 10 heteroatoms. The van der Waals surface area contributed by atoms with Gasteiger partial charge in [-0.25, -0.2) is 19.9 Å². The smallest absolute Gasteiger partial charge is 0.657 e. The van der Waals surface area contributed by atoms with Crippen LogP contribution in [-0.2, 0) is 44.4 Å². The van der Waals surface area contributed by atoms with Gasteiger partial charge in [0.2, 0.25) is 0 Å². The Hall–Kier alpha value is -11.0. The van der Waals surface area contributed by atoms with Gasteiger partial charge in [-0.1, -0.05) is 188 Å². The summed E-state index contributed by atoms with van der Waals surface area (Å²) in [5, 5.41) is 0. The first-order valence-corrected chi connectivity index (χ1v) is 39.3. The summed E-state index contributed by atoms with van der Waals surface area (Å²) < 4.78 is 0. The Labute approximate surface area is 696 Å². The number of aryl methyl sites for hydroxylation is 18. The monoisotopic (exact) mass is 1580 g/mol. The van der Waals surface area contributed by atoms with Crippen LogP contribution in [0, 0.1) is 125 Å². The van der Waals surface area contributed by atoms with E-state index in [0.29, 0.717) is 0 Å². The van der Waals surface area contributed by atoms with Gasteiger partial charge in [0, 0.05) is 0 Å². The third-order valence-corrected chi connectivity index (χ3v) is 23.2. The molecule has 114 heavy (non-hydrogen) atoms. The summed E-state index contributed by atoms with van der Waals surface area (Å²) in [6, 6.07) is 52.0. The van der Waals surface area contributed by atoms with Gasteiger partial charge in [-0.15, -0.1) is 44.1 Å². The molecule has 554 valence electrons. The molecule has 0 aliphatic carbocycles. The molecule has 0 atom stereocenters. The molecule has 0 saturated heterocycles. The number of benzene rings is 7. The molecule has 13 aromatic rings. The second kappa shape index (κ2) is 29.7. The van der Waals surface area contributed by atoms with Gasteiger partial charge in [0.05, 0.1) is 45.6 Å². The van der Waals surface area contributed by atoms with E-state index in [4.69, 9.17) is 39.9 Å². The molecular formula is C104H94N8Zn2. The van der Waals surface area contributed by atoms with Crippen LogP contribution in [0.4, 0.5) is 0 Å². The van der Waals surface area contributed by atoms with Gasteiger partial charge in [0.1, 0.15) is 0 Å². The van der Waals surface area contributed by atoms with Crippen molar-refractivity contribution >= 4 is 92.7 Å². The molecule has 17 rings (SSSR count). The van der Waals surface area contributed by atoms with Crippen molar-refractivity contribution in [3.8, 4) is 89.0 Å². The second-order valence-corrected chi connectivity index (χ2v) is 33.4. The summed E-state index contributed by atoms with van der Waals surface area (Å²) in [5.74, 6) is 0. The van der Waals surface area contributed by atoms with Crippen LogP contribution in [0.15, 0.2) is 140 Å². The predicted molar refractivity (Wildman–Crippen MR) is 475 cm³/mol. The van der Waals surface area contributed by atoms with E-state index in [2.05, 4.69) is 334 Å². The fourth-order valence-electron chi connectivity index (χ4n) is 19.1. The average molecular weight is 1590 g/mol. The van der Waals surface area contributed by atoms with Gasteiger partial charge in [0.25, 0.3) is 0 Å². The second-order valence-electron chi connectivity index (χ2n) is 33.4. The minimum absolute atomic E-state index is 0. The summed E-state index contributed by atoms with van der Waals surface area (Å²) in [4.78, 5) is 47.0. The normalized spacial score (nSPS) is 12.3. The molecule has 0 amide bonds. The van der Waals surface area contributed by atoms with E-state index in [-0.39, 0.29) is 44.4 Å². The average Bonchev–Trinajstić information content (AvgIpc) is 1.62. The maximum absolute atomic E-state index is 5.96. The standard InChI is InChI=1S/C104H94N8.2Zn/c1-53-38-59(7)90(60(8)39-53)98-78-26-22-74(105-78)96(75-23-27-79(106-75)99(91-61(9)40-54(2)41-62(91)10)83-31-35-87(110-83)102(86-34-30-82(98)109-86)94-67(15)46-57(5)47-68(94)16)71-50-72(52-73(51-71)104(19,20)21)97-76-24-28-80(107-76)100(92-63(11)42-55(3)43-64(92)12)84-32-36-88(111-84)103(95-69(17)48-58(6)49-70(95)18)89-37-33-85(112-89)101(81-29-25-77(97)108-81)93-65(13)44-56(4)45-66(93)14;;/h22-52H,1-21H3;;/q-4;2*+2. The third kappa shape index (κ3) is 13.7. The van der Waals surface area contributed by atoms with Gasteiger partial charge in [-0.2, -0.15) is 0 Å². The summed E-state index contributed by atoms with van der Waals surface area (Å²) in [6.45, 7) is 46.6. The molecule has 0 unspecified atom stereocenters. The summed E-state index contributed by atoms with van der Waals surface area (Å²) in [5.41, 5.74) is 51.0. The van der Waals surface area contributed by atoms with Crippen LogP contribution in [0.3, 0.4) is 0 Å². The molecule has 7 aromatic carbocycles. The van der Waals surface area contributed by atoms with Crippen LogP contribution >= 0.6 is 0 Å². The van der Waals surface area contributed by atoms with E-state index in [9.17, 15) is 0 Å². The molecule has 8 nitrogen and oxygen atoms in total. The fraction of sp³-hybridized carbons (Fsp3) is 0.212. The summed E-state index contributed by atoms with van der Waals surface area (Å²) >= 11 is 0. The maximum Gasteiger partial charge on any atom is 2.00 e. The van der Waals surface area contributed by atoms with Crippen LogP contribution in [0.25, 0.3) is 182 Å². The van der Waals surface area contributed by atoms with Crippen molar-refractivity contribution < 1.29 is 39.0 Å². The Morgan fingerprint density at radius 1 is 0.193 bits per heavy atom. The Kier molecular flexibility index (Phi) is 20.4. The Morgan fingerprint density at radius 2 is 0.342 bits per heavy atom. The van der Waals surface area contributed by atoms with Crippen molar-refractivity contribution in [3.63, 3.8) is 0 Å². The molecule has 16 bridgehead atoms. The molecule has 4 aliphatic heterocycles. The number of hydrogen-bond donors (Lipinski definition) is 0. The van der Waals surface area contributed by atoms with Crippen molar-refractivity contribution in [2.24, 2.45) is 0 Å². The predicted octanol–water partition coefficient (Wildman–Crippen LogP) is 26.3. The molecule has 0 fully saturated rings. The molecular weight excluding hydrogens is 1490 g/mol. The van der Waals surface area contributed by atoms with Crippen LogP contribution in [0.1, 0.15) is 172 Å². The quantitative estimate of drug-likeness (QED) is 0.138. The summed E-state index contributed by atoms with van der Waals surface area (Å²) in [6.07, 6.45) is 17.6. The largest absolute Gasteiger partial charge is 2.00 e. The molecule has 6 aromatic heterocycles. The molecule has 10 heterocycles. The van der Waals surface area contributed by atoms with Gasteiger partial charge in [0.15, 0.2) is 0 Å². The van der Waals surface area contributed by atoms with Crippen LogP contribution in [-0.4, -0.2) is 19.9 Å². The number of hydrogen-bond acceptors (Lipinski definition) is 4. The first-order chi connectivity index (χ1) is 53.5. The fourth-order valence-corrected chi connectivity index (χ4v) is 19.1. The Morgan fingerprint density at radius 3 is 0.500 bits per heavy atom. The molecule has 0 radical (unpaired) electrons. The third-order valence-electron chi connectivity index (χ3n) is 23.2. The first kappa shape index (κ1) is 78.3. The van der Waals surface area contributed by atoms with Gasteiger partial charge in [-0.05, 0) is 346 Å². The number of rotatable bonds is 8.